The van der Waals surface area contributed by atoms with Crippen LogP contribution in [0.25, 0.3) is 22.3 Å². The Bertz CT molecular complexity index is 1500. The molecule has 0 N–H and O–H groups in total. The number of hydrogen-bond donors (Lipinski definition) is 0. The predicted octanol–water partition coefficient (Wildman–Crippen LogP) is 6.45. The van der Waals surface area contributed by atoms with Crippen LogP contribution in [0.15, 0.2) is 148 Å². The van der Waals surface area contributed by atoms with Gasteiger partial charge < -0.3 is 0 Å². The van der Waals surface area contributed by atoms with E-state index >= 15 is 0 Å². The molecule has 0 aromatic heterocycles. The van der Waals surface area contributed by atoms with Gasteiger partial charge in [0.2, 0.25) is 0 Å². The van der Waals surface area contributed by atoms with E-state index in [1.807, 2.05) is 0 Å². The second kappa shape index (κ2) is 14.8. The third kappa shape index (κ3) is 8.33. The molecule has 9 heteroatoms. The maximum absolute atomic E-state index is 13.5. The van der Waals surface area contributed by atoms with Crippen molar-refractivity contribution in [3.05, 3.63) is 170 Å². The first-order chi connectivity index (χ1) is 21.6. The van der Waals surface area contributed by atoms with E-state index in [9.17, 15) is 19.2 Å². The van der Waals surface area contributed by atoms with Crippen molar-refractivity contribution in [1.29, 1.82) is 0 Å². The molecule has 0 amide bonds. The molecule has 0 atom stereocenters. The molecule has 0 fully saturated rings. The van der Waals surface area contributed by atoms with Crippen molar-refractivity contribution in [3.8, 4) is 0 Å². The SMILES string of the molecule is C=C(C(=O)[O][Sn]([O]C(=O)C(=C)c1ccccc1)([O]C(=O)C(=C)c1ccccc1)[O]C(=O)C(=C)c1ccccc1)c1ccccc1. The molecule has 45 heavy (non-hydrogen) atoms. The van der Waals surface area contributed by atoms with Crippen molar-refractivity contribution in [2.45, 2.75) is 0 Å². The number of carbonyl (C=O) groups excluding carboxylic acids is 4. The fraction of sp³-hybridized carbons (Fsp3) is 0. The van der Waals surface area contributed by atoms with E-state index < -0.39 is 43.9 Å². The first-order valence-electron chi connectivity index (χ1n) is 13.5. The summed E-state index contributed by atoms with van der Waals surface area (Å²) in [6, 6.07) is 33.0. The van der Waals surface area contributed by atoms with Gasteiger partial charge in [-0.05, 0) is 0 Å². The minimum atomic E-state index is -6.53. The molecule has 0 saturated carbocycles. The molecule has 4 rings (SSSR count). The van der Waals surface area contributed by atoms with Crippen LogP contribution in [-0.2, 0) is 31.5 Å². The molecule has 0 radical (unpaired) electrons. The van der Waals surface area contributed by atoms with E-state index in [4.69, 9.17) is 12.3 Å². The van der Waals surface area contributed by atoms with Gasteiger partial charge in [0.05, 0.1) is 0 Å². The van der Waals surface area contributed by atoms with E-state index in [0.717, 1.165) is 0 Å². The molecule has 0 unspecified atom stereocenters. The van der Waals surface area contributed by atoms with E-state index in [2.05, 4.69) is 26.3 Å². The average Bonchev–Trinajstić information content (AvgIpc) is 3.08. The summed E-state index contributed by atoms with van der Waals surface area (Å²) in [5, 5.41) is 0. The Balaban J connectivity index is 1.77. The summed E-state index contributed by atoms with van der Waals surface area (Å²) in [4.78, 5) is 54.1. The molecule has 0 bridgehead atoms. The molecule has 0 saturated heterocycles. The molecular formula is C36H28O8Sn. The van der Waals surface area contributed by atoms with Gasteiger partial charge in [0.15, 0.2) is 0 Å². The Hall–Kier alpha value is -5.48. The van der Waals surface area contributed by atoms with Gasteiger partial charge in [0.1, 0.15) is 0 Å². The molecule has 0 heterocycles. The fourth-order valence-corrected chi connectivity index (χ4v) is 8.57. The van der Waals surface area contributed by atoms with Crippen LogP contribution in [0, 0.1) is 0 Å². The fourth-order valence-electron chi connectivity index (χ4n) is 3.85. The molecule has 0 aliphatic heterocycles. The van der Waals surface area contributed by atoms with Gasteiger partial charge in [-0.25, -0.2) is 0 Å². The first-order valence-corrected chi connectivity index (χ1v) is 18.2. The van der Waals surface area contributed by atoms with Crippen LogP contribution in [0.2, 0.25) is 0 Å². The summed E-state index contributed by atoms with van der Waals surface area (Å²) >= 11 is -6.53. The van der Waals surface area contributed by atoms with Crippen molar-refractivity contribution < 1.29 is 31.5 Å². The van der Waals surface area contributed by atoms with Gasteiger partial charge in [-0.2, -0.15) is 0 Å². The van der Waals surface area contributed by atoms with E-state index in [0.29, 0.717) is 22.3 Å². The van der Waals surface area contributed by atoms with Crippen LogP contribution >= 0.6 is 0 Å². The molecule has 0 spiro atoms. The van der Waals surface area contributed by atoms with Crippen LogP contribution in [0.3, 0.4) is 0 Å². The molecule has 4 aromatic carbocycles. The van der Waals surface area contributed by atoms with E-state index in [1.54, 1.807) is 121 Å². The topological polar surface area (TPSA) is 105 Å². The number of carbonyl (C=O) groups is 4. The van der Waals surface area contributed by atoms with Gasteiger partial charge in [0, 0.05) is 0 Å². The molecule has 0 aliphatic carbocycles. The molecule has 224 valence electrons. The van der Waals surface area contributed by atoms with Crippen molar-refractivity contribution in [2.75, 3.05) is 0 Å². The third-order valence-corrected chi connectivity index (χ3v) is 11.3. The maximum atomic E-state index is 13.5. The Kier molecular flexibility index (Phi) is 10.7. The normalized spacial score (nSPS) is 10.5. The first kappa shape index (κ1) is 32.4. The predicted molar refractivity (Wildman–Crippen MR) is 172 cm³/mol. The van der Waals surface area contributed by atoms with Gasteiger partial charge in [-0.3, -0.25) is 0 Å². The zero-order valence-corrected chi connectivity index (χ0v) is 27.0. The van der Waals surface area contributed by atoms with E-state index in [1.165, 1.54) is 0 Å². The number of rotatable bonds is 12. The summed E-state index contributed by atoms with van der Waals surface area (Å²) in [6.45, 7) is 15.1. The monoisotopic (exact) mass is 708 g/mol. The average molecular weight is 707 g/mol. The molecular weight excluding hydrogens is 679 g/mol. The summed E-state index contributed by atoms with van der Waals surface area (Å²) in [6.07, 6.45) is 0. The number of benzene rings is 4. The van der Waals surface area contributed by atoms with Crippen LogP contribution in [0.4, 0.5) is 0 Å². The summed E-state index contributed by atoms with van der Waals surface area (Å²) < 4.78 is 22.6. The number of hydrogen-bond acceptors (Lipinski definition) is 8. The van der Waals surface area contributed by atoms with Gasteiger partial charge >= 0.3 is 268 Å². The summed E-state index contributed by atoms with van der Waals surface area (Å²) in [7, 11) is 0. The van der Waals surface area contributed by atoms with E-state index in [-0.39, 0.29) is 22.3 Å². The minimum absolute atomic E-state index is 0.175. The Morgan fingerprint density at radius 1 is 0.356 bits per heavy atom. The third-order valence-electron chi connectivity index (χ3n) is 6.35. The van der Waals surface area contributed by atoms with Crippen molar-refractivity contribution in [3.63, 3.8) is 0 Å². The van der Waals surface area contributed by atoms with Crippen LogP contribution in [0.1, 0.15) is 22.3 Å². The Morgan fingerprint density at radius 2 is 0.533 bits per heavy atom. The van der Waals surface area contributed by atoms with Crippen molar-refractivity contribution >= 4 is 66.2 Å². The molecule has 4 aromatic rings. The van der Waals surface area contributed by atoms with Gasteiger partial charge in [-0.15, -0.1) is 0 Å². The standard InChI is InChI=1S/4C9H8O2.Sn/c4*1-7(9(10)11)8-5-3-2-4-6-8;/h4*2-6H,1H2,(H,10,11);/q;;;;+4/p-4. The zero-order valence-electron chi connectivity index (χ0n) is 24.1. The van der Waals surface area contributed by atoms with Gasteiger partial charge in [-0.1, -0.05) is 0 Å². The Morgan fingerprint density at radius 3 is 0.711 bits per heavy atom. The van der Waals surface area contributed by atoms with Crippen LogP contribution < -0.4 is 0 Å². The second-order valence-corrected chi connectivity index (χ2v) is 14.6. The van der Waals surface area contributed by atoms with Crippen molar-refractivity contribution in [1.82, 2.24) is 0 Å². The van der Waals surface area contributed by atoms with Crippen LogP contribution in [0.5, 0.6) is 0 Å². The van der Waals surface area contributed by atoms with Gasteiger partial charge in [0.25, 0.3) is 0 Å². The summed E-state index contributed by atoms with van der Waals surface area (Å²) in [5.41, 5.74) is 0.753. The molecule has 8 nitrogen and oxygen atoms in total. The zero-order chi connectivity index (χ0) is 32.4. The Labute approximate surface area is 266 Å². The van der Waals surface area contributed by atoms with Crippen molar-refractivity contribution in [2.24, 2.45) is 0 Å². The van der Waals surface area contributed by atoms with Crippen LogP contribution in [-0.4, -0.2) is 43.9 Å². The quantitative estimate of drug-likeness (QED) is 0.122. The molecule has 0 aliphatic rings. The second-order valence-electron chi connectivity index (χ2n) is 9.44. The summed E-state index contributed by atoms with van der Waals surface area (Å²) in [5.74, 6) is -4.59.